The van der Waals surface area contributed by atoms with Crippen LogP contribution in [0.25, 0.3) is 10.9 Å². The van der Waals surface area contributed by atoms with E-state index in [1.165, 1.54) is 6.92 Å². The molecule has 2 atom stereocenters. The van der Waals surface area contributed by atoms with E-state index in [-0.39, 0.29) is 6.61 Å². The van der Waals surface area contributed by atoms with Crippen molar-refractivity contribution in [3.63, 3.8) is 0 Å². The summed E-state index contributed by atoms with van der Waals surface area (Å²) >= 11 is 0. The van der Waals surface area contributed by atoms with Crippen LogP contribution in [-0.2, 0) is 16.0 Å². The third kappa shape index (κ3) is 2.82. The normalized spacial score (nSPS) is 18.9. The summed E-state index contributed by atoms with van der Waals surface area (Å²) in [5.41, 5.74) is 0.270. The summed E-state index contributed by atoms with van der Waals surface area (Å²) in [6, 6.07) is 7.63. The van der Waals surface area contributed by atoms with Gasteiger partial charge < -0.3 is 19.3 Å². The number of carbonyl (C=O) groups is 1. The molecule has 6 heteroatoms. The Labute approximate surface area is 134 Å². The van der Waals surface area contributed by atoms with Crippen LogP contribution in [0.15, 0.2) is 24.3 Å². The summed E-state index contributed by atoms with van der Waals surface area (Å²) in [6.07, 6.45) is -0.125. The Balaban J connectivity index is 1.94. The molecule has 0 spiro atoms. The molecule has 122 valence electrons. The highest BCUT2D eigenvalue weighted by atomic mass is 16.6. The monoisotopic (exact) mass is 317 g/mol. The van der Waals surface area contributed by atoms with Crippen molar-refractivity contribution in [1.82, 2.24) is 4.98 Å². The van der Waals surface area contributed by atoms with E-state index in [4.69, 9.17) is 14.2 Å². The van der Waals surface area contributed by atoms with Gasteiger partial charge in [0.15, 0.2) is 0 Å². The molecule has 6 nitrogen and oxygen atoms in total. The summed E-state index contributed by atoms with van der Waals surface area (Å²) in [6.45, 7) is 2.75. The molecule has 1 aromatic carbocycles. The van der Waals surface area contributed by atoms with Crippen molar-refractivity contribution in [2.45, 2.75) is 32.0 Å². The average Bonchev–Trinajstić information content (AvgIpc) is 2.95. The van der Waals surface area contributed by atoms with Crippen LogP contribution in [0.4, 0.5) is 0 Å². The molecule has 0 aliphatic carbocycles. The van der Waals surface area contributed by atoms with Crippen molar-refractivity contribution < 1.29 is 24.1 Å². The molecule has 2 aromatic rings. The molecule has 0 unspecified atom stereocenters. The van der Waals surface area contributed by atoms with Gasteiger partial charge in [0.2, 0.25) is 5.88 Å². The molecule has 0 saturated carbocycles. The first-order chi connectivity index (χ1) is 10.9. The minimum Gasteiger partial charge on any atom is -0.496 e. The second-order valence-corrected chi connectivity index (χ2v) is 5.89. The fourth-order valence-corrected chi connectivity index (χ4v) is 2.76. The molecule has 3 rings (SSSR count). The quantitative estimate of drug-likeness (QED) is 0.867. The molecule has 23 heavy (non-hydrogen) atoms. The Kier molecular flexibility index (Phi) is 3.85. The second-order valence-electron chi connectivity index (χ2n) is 5.89. The van der Waals surface area contributed by atoms with Crippen LogP contribution in [0.1, 0.15) is 19.4 Å². The van der Waals surface area contributed by atoms with E-state index in [2.05, 4.69) is 4.98 Å². The highest BCUT2D eigenvalue weighted by molar-refractivity contribution is 5.87. The van der Waals surface area contributed by atoms with Crippen LogP contribution in [0.2, 0.25) is 0 Å². The number of carbonyl (C=O) groups excluding carboxylic acids is 1. The van der Waals surface area contributed by atoms with Gasteiger partial charge in [-0.15, -0.1) is 0 Å². The smallest absolute Gasteiger partial charge is 0.302 e. The standard InChI is InChI=1S/C17H19NO5/c1-10(19)22-9-17(2,20)14-8-12-15(21-3)11-6-4-5-7-13(11)18-16(12)23-14/h4-7,14,20H,8-9H2,1-3H3/t14-,17+/m1/s1. The van der Waals surface area contributed by atoms with Gasteiger partial charge >= 0.3 is 5.97 Å². The van der Waals surface area contributed by atoms with Crippen molar-refractivity contribution in [1.29, 1.82) is 0 Å². The topological polar surface area (TPSA) is 77.9 Å². The first kappa shape index (κ1) is 15.6. The SMILES string of the molecule is COc1c2c(nc3ccccc13)O[C@@H]([C@@](C)(O)COC(C)=O)C2. The van der Waals surface area contributed by atoms with Crippen molar-refractivity contribution in [3.05, 3.63) is 29.8 Å². The maximum Gasteiger partial charge on any atom is 0.302 e. The first-order valence-electron chi connectivity index (χ1n) is 7.40. The Morgan fingerprint density at radius 3 is 2.91 bits per heavy atom. The number of methoxy groups -OCH3 is 1. The Hall–Kier alpha value is -2.34. The van der Waals surface area contributed by atoms with Gasteiger partial charge in [-0.1, -0.05) is 12.1 Å². The number of ether oxygens (including phenoxy) is 3. The van der Waals surface area contributed by atoms with Gasteiger partial charge in [0.05, 0.1) is 18.2 Å². The van der Waals surface area contributed by atoms with Crippen LogP contribution in [0.5, 0.6) is 11.6 Å². The molecule has 0 saturated heterocycles. The van der Waals surface area contributed by atoms with Crippen LogP contribution in [0.3, 0.4) is 0 Å². The van der Waals surface area contributed by atoms with Crippen LogP contribution < -0.4 is 9.47 Å². The van der Waals surface area contributed by atoms with Crippen LogP contribution >= 0.6 is 0 Å². The summed E-state index contributed by atoms with van der Waals surface area (Å²) in [5.74, 6) is 0.715. The number of hydrogen-bond acceptors (Lipinski definition) is 6. The van der Waals surface area contributed by atoms with Gasteiger partial charge in [-0.25, -0.2) is 4.98 Å². The molecule has 1 aliphatic heterocycles. The Morgan fingerprint density at radius 2 is 2.22 bits per heavy atom. The van der Waals surface area contributed by atoms with Crippen molar-refractivity contribution in [3.8, 4) is 11.6 Å². The fourth-order valence-electron chi connectivity index (χ4n) is 2.76. The summed E-state index contributed by atoms with van der Waals surface area (Å²) in [7, 11) is 1.60. The maximum atomic E-state index is 11.0. The predicted molar refractivity (Wildman–Crippen MR) is 83.7 cm³/mol. The minimum absolute atomic E-state index is 0.136. The van der Waals surface area contributed by atoms with Gasteiger partial charge in [0, 0.05) is 18.7 Å². The molecule has 0 bridgehead atoms. The average molecular weight is 317 g/mol. The number of nitrogens with zero attached hydrogens (tertiary/aromatic N) is 1. The second kappa shape index (κ2) is 5.70. The number of hydrogen-bond donors (Lipinski definition) is 1. The molecule has 0 fully saturated rings. The van der Waals surface area contributed by atoms with E-state index in [1.807, 2.05) is 24.3 Å². The number of rotatable bonds is 4. The molecule has 1 aromatic heterocycles. The Bertz CT molecular complexity index is 756. The summed E-state index contributed by atoms with van der Waals surface area (Å²) < 4.78 is 16.3. The number of pyridine rings is 1. The van der Waals surface area contributed by atoms with E-state index in [1.54, 1.807) is 14.0 Å². The number of aromatic nitrogens is 1. The highest BCUT2D eigenvalue weighted by Gasteiger charge is 2.42. The predicted octanol–water partition coefficient (Wildman–Crippen LogP) is 1.86. The highest BCUT2D eigenvalue weighted by Crippen LogP contribution is 2.41. The van der Waals surface area contributed by atoms with Gasteiger partial charge in [-0.3, -0.25) is 4.79 Å². The molecule has 1 aliphatic rings. The zero-order chi connectivity index (χ0) is 16.6. The van der Waals surface area contributed by atoms with Gasteiger partial charge in [0.25, 0.3) is 0 Å². The number of para-hydroxylation sites is 1. The molecular weight excluding hydrogens is 298 g/mol. The molecule has 2 heterocycles. The van der Waals surface area contributed by atoms with Crippen LogP contribution in [-0.4, -0.2) is 41.5 Å². The van der Waals surface area contributed by atoms with E-state index >= 15 is 0 Å². The number of aliphatic hydroxyl groups is 1. The zero-order valence-corrected chi connectivity index (χ0v) is 13.3. The lowest BCUT2D eigenvalue weighted by Crippen LogP contribution is -2.46. The largest absolute Gasteiger partial charge is 0.496 e. The van der Waals surface area contributed by atoms with E-state index in [9.17, 15) is 9.90 Å². The number of esters is 1. The van der Waals surface area contributed by atoms with E-state index in [0.717, 1.165) is 16.5 Å². The third-order valence-corrected chi connectivity index (χ3v) is 4.01. The first-order valence-corrected chi connectivity index (χ1v) is 7.40. The lowest BCUT2D eigenvalue weighted by molar-refractivity contribution is -0.153. The minimum atomic E-state index is -1.32. The van der Waals surface area contributed by atoms with E-state index < -0.39 is 17.7 Å². The fraction of sp³-hybridized carbons (Fsp3) is 0.412. The van der Waals surface area contributed by atoms with Crippen LogP contribution in [0, 0.1) is 0 Å². The summed E-state index contributed by atoms with van der Waals surface area (Å²) in [5, 5.41) is 11.5. The lowest BCUT2D eigenvalue weighted by Gasteiger charge is -2.28. The number of fused-ring (bicyclic) bond motifs is 2. The van der Waals surface area contributed by atoms with Crippen molar-refractivity contribution in [2.75, 3.05) is 13.7 Å². The number of benzene rings is 1. The summed E-state index contributed by atoms with van der Waals surface area (Å²) in [4.78, 5) is 15.5. The van der Waals surface area contributed by atoms with Gasteiger partial charge in [-0.2, -0.15) is 0 Å². The third-order valence-electron chi connectivity index (χ3n) is 4.01. The molecule has 0 amide bonds. The lowest BCUT2D eigenvalue weighted by atomic mass is 9.95. The van der Waals surface area contributed by atoms with Gasteiger partial charge in [0.1, 0.15) is 24.1 Å². The molecule has 1 N–H and O–H groups in total. The Morgan fingerprint density at radius 1 is 1.48 bits per heavy atom. The van der Waals surface area contributed by atoms with Crippen molar-refractivity contribution >= 4 is 16.9 Å². The van der Waals surface area contributed by atoms with Crippen molar-refractivity contribution in [2.24, 2.45) is 0 Å². The zero-order valence-electron chi connectivity index (χ0n) is 13.3. The van der Waals surface area contributed by atoms with E-state index in [0.29, 0.717) is 18.1 Å². The molecular formula is C17H19NO5. The van der Waals surface area contributed by atoms with Gasteiger partial charge in [-0.05, 0) is 19.1 Å². The maximum absolute atomic E-state index is 11.0. The molecule has 0 radical (unpaired) electrons.